The van der Waals surface area contributed by atoms with Gasteiger partial charge in [-0.25, -0.2) is 9.78 Å². The molecule has 1 aliphatic rings. The lowest BCUT2D eigenvalue weighted by molar-refractivity contribution is -0.138. The van der Waals surface area contributed by atoms with Gasteiger partial charge >= 0.3 is 5.97 Å². The van der Waals surface area contributed by atoms with E-state index in [9.17, 15) is 4.79 Å². The van der Waals surface area contributed by atoms with Crippen molar-refractivity contribution in [2.75, 3.05) is 24.5 Å². The predicted octanol–water partition coefficient (Wildman–Crippen LogP) is 0.707. The van der Waals surface area contributed by atoms with Crippen molar-refractivity contribution in [3.63, 3.8) is 0 Å². The van der Waals surface area contributed by atoms with E-state index in [1.807, 2.05) is 17.0 Å². The number of anilines is 1. The fraction of sp³-hybridized carbons (Fsp3) is 0.400. The van der Waals surface area contributed by atoms with Crippen molar-refractivity contribution < 1.29 is 9.90 Å². The van der Waals surface area contributed by atoms with Crippen LogP contribution in [-0.4, -0.2) is 41.7 Å². The molecule has 86 valence electrons. The molecule has 2 rings (SSSR count). The van der Waals surface area contributed by atoms with Crippen LogP contribution >= 0.6 is 15.9 Å². The number of nitrogens with zero attached hydrogens (tertiary/aromatic N) is 2. The zero-order valence-electron chi connectivity index (χ0n) is 8.56. The van der Waals surface area contributed by atoms with Gasteiger partial charge in [0.15, 0.2) is 0 Å². The van der Waals surface area contributed by atoms with Crippen LogP contribution in [0.25, 0.3) is 0 Å². The molecule has 6 heteroatoms. The zero-order chi connectivity index (χ0) is 11.5. The Morgan fingerprint density at radius 2 is 2.44 bits per heavy atom. The third-order valence-corrected chi connectivity index (χ3v) is 3.00. The van der Waals surface area contributed by atoms with Gasteiger partial charge in [0.05, 0.1) is 0 Å². The number of nitrogens with one attached hydrogen (secondary N) is 1. The Bertz CT molecular complexity index is 382. The van der Waals surface area contributed by atoms with Gasteiger partial charge in [0.1, 0.15) is 11.9 Å². The Kier molecular flexibility index (Phi) is 3.40. The van der Waals surface area contributed by atoms with Gasteiger partial charge in [-0.2, -0.15) is 0 Å². The van der Waals surface area contributed by atoms with Crippen LogP contribution in [0.2, 0.25) is 0 Å². The second-order valence-corrected chi connectivity index (χ2v) is 4.50. The summed E-state index contributed by atoms with van der Waals surface area (Å²) in [6.07, 6.45) is 1.68. The lowest BCUT2D eigenvalue weighted by atomic mass is 10.2. The fourth-order valence-corrected chi connectivity index (χ4v) is 1.97. The third kappa shape index (κ3) is 2.33. The van der Waals surface area contributed by atoms with Crippen molar-refractivity contribution in [3.05, 3.63) is 22.8 Å². The van der Waals surface area contributed by atoms with Crippen molar-refractivity contribution in [1.29, 1.82) is 0 Å². The van der Waals surface area contributed by atoms with Crippen LogP contribution in [-0.2, 0) is 4.79 Å². The first-order valence-corrected chi connectivity index (χ1v) is 5.79. The van der Waals surface area contributed by atoms with E-state index in [-0.39, 0.29) is 0 Å². The number of carbonyl (C=O) groups is 1. The molecule has 1 aromatic heterocycles. The summed E-state index contributed by atoms with van der Waals surface area (Å²) in [5, 5.41) is 12.2. The number of aliphatic carboxylic acids is 1. The molecule has 2 heterocycles. The Morgan fingerprint density at radius 3 is 3.06 bits per heavy atom. The molecule has 0 unspecified atom stereocenters. The Hall–Kier alpha value is -1.14. The van der Waals surface area contributed by atoms with Crippen LogP contribution < -0.4 is 10.2 Å². The Morgan fingerprint density at radius 1 is 1.62 bits per heavy atom. The van der Waals surface area contributed by atoms with Gasteiger partial charge < -0.3 is 15.3 Å². The van der Waals surface area contributed by atoms with Crippen molar-refractivity contribution in [3.8, 4) is 0 Å². The summed E-state index contributed by atoms with van der Waals surface area (Å²) >= 11 is 3.30. The van der Waals surface area contributed by atoms with Gasteiger partial charge in [0, 0.05) is 30.3 Å². The summed E-state index contributed by atoms with van der Waals surface area (Å²) in [6.45, 7) is 1.89. The number of carboxylic acids is 1. The van der Waals surface area contributed by atoms with Gasteiger partial charge in [0.2, 0.25) is 0 Å². The largest absolute Gasteiger partial charge is 0.480 e. The average molecular weight is 286 g/mol. The van der Waals surface area contributed by atoms with E-state index < -0.39 is 12.0 Å². The molecule has 1 aromatic rings. The lowest BCUT2D eigenvalue weighted by Gasteiger charge is -2.34. The number of rotatable bonds is 2. The maximum Gasteiger partial charge on any atom is 0.327 e. The SMILES string of the molecule is O=C(O)[C@H]1CNCCN1c1ccc(Br)cn1. The molecule has 0 aliphatic carbocycles. The van der Waals surface area contributed by atoms with Gasteiger partial charge in [-0.05, 0) is 28.1 Å². The van der Waals surface area contributed by atoms with Crippen molar-refractivity contribution in [2.24, 2.45) is 0 Å². The first kappa shape index (κ1) is 11.3. The molecule has 1 fully saturated rings. The maximum atomic E-state index is 11.1. The van der Waals surface area contributed by atoms with Crippen LogP contribution in [0.3, 0.4) is 0 Å². The molecule has 0 amide bonds. The molecule has 0 spiro atoms. The monoisotopic (exact) mass is 285 g/mol. The van der Waals surface area contributed by atoms with E-state index in [0.29, 0.717) is 18.9 Å². The highest BCUT2D eigenvalue weighted by Crippen LogP contribution is 2.18. The number of pyridine rings is 1. The first-order valence-electron chi connectivity index (χ1n) is 5.00. The van der Waals surface area contributed by atoms with Gasteiger partial charge in [-0.15, -0.1) is 0 Å². The van der Waals surface area contributed by atoms with E-state index in [0.717, 1.165) is 11.0 Å². The summed E-state index contributed by atoms with van der Waals surface area (Å²) in [5.74, 6) is -0.117. The third-order valence-electron chi connectivity index (χ3n) is 2.53. The normalized spacial score (nSPS) is 20.8. The van der Waals surface area contributed by atoms with E-state index in [4.69, 9.17) is 5.11 Å². The minimum Gasteiger partial charge on any atom is -0.480 e. The maximum absolute atomic E-state index is 11.1. The summed E-state index contributed by atoms with van der Waals surface area (Å²) < 4.78 is 0.887. The Balaban J connectivity index is 2.23. The van der Waals surface area contributed by atoms with Crippen LogP contribution in [0.4, 0.5) is 5.82 Å². The summed E-state index contributed by atoms with van der Waals surface area (Å²) in [4.78, 5) is 17.1. The molecule has 1 atom stereocenters. The smallest absolute Gasteiger partial charge is 0.327 e. The first-order chi connectivity index (χ1) is 7.68. The molecule has 16 heavy (non-hydrogen) atoms. The minimum atomic E-state index is -0.822. The van der Waals surface area contributed by atoms with Crippen LogP contribution in [0.5, 0.6) is 0 Å². The molecule has 1 saturated heterocycles. The second kappa shape index (κ2) is 4.80. The highest BCUT2D eigenvalue weighted by atomic mass is 79.9. The topological polar surface area (TPSA) is 65.5 Å². The molecule has 0 bridgehead atoms. The Labute approximate surface area is 102 Å². The van der Waals surface area contributed by atoms with E-state index in [1.54, 1.807) is 6.20 Å². The lowest BCUT2D eigenvalue weighted by Crippen LogP contribution is -2.55. The van der Waals surface area contributed by atoms with Crippen molar-refractivity contribution >= 4 is 27.7 Å². The van der Waals surface area contributed by atoms with Gasteiger partial charge in [-0.1, -0.05) is 0 Å². The number of carboxylic acid groups (broad SMARTS) is 1. The quantitative estimate of drug-likeness (QED) is 0.838. The molecular formula is C10H12BrN3O2. The average Bonchev–Trinajstić information content (AvgIpc) is 2.30. The van der Waals surface area contributed by atoms with Gasteiger partial charge in [-0.3, -0.25) is 0 Å². The minimum absolute atomic E-state index is 0.451. The van der Waals surface area contributed by atoms with Crippen LogP contribution in [0.15, 0.2) is 22.8 Å². The van der Waals surface area contributed by atoms with E-state index in [2.05, 4.69) is 26.2 Å². The zero-order valence-corrected chi connectivity index (χ0v) is 10.1. The van der Waals surface area contributed by atoms with E-state index >= 15 is 0 Å². The molecule has 2 N–H and O–H groups in total. The fourth-order valence-electron chi connectivity index (χ4n) is 1.74. The van der Waals surface area contributed by atoms with Crippen LogP contribution in [0.1, 0.15) is 0 Å². The predicted molar refractivity (Wildman–Crippen MR) is 63.6 cm³/mol. The highest BCUT2D eigenvalue weighted by Gasteiger charge is 2.28. The molecule has 0 radical (unpaired) electrons. The standard InChI is InChI=1S/C10H12BrN3O2/c11-7-1-2-9(13-5-7)14-4-3-12-6-8(14)10(15)16/h1-2,5,8,12H,3-4,6H2,(H,15,16)/t8-/m1/s1. The summed E-state index contributed by atoms with van der Waals surface area (Å²) in [6, 6.07) is 3.15. The molecule has 5 nitrogen and oxygen atoms in total. The van der Waals surface area contributed by atoms with Crippen molar-refractivity contribution in [2.45, 2.75) is 6.04 Å². The number of hydrogen-bond acceptors (Lipinski definition) is 4. The summed E-state index contributed by atoms with van der Waals surface area (Å²) in [5.41, 5.74) is 0. The summed E-state index contributed by atoms with van der Waals surface area (Å²) in [7, 11) is 0. The van der Waals surface area contributed by atoms with Gasteiger partial charge in [0.25, 0.3) is 0 Å². The number of halogens is 1. The van der Waals surface area contributed by atoms with Crippen LogP contribution in [0, 0.1) is 0 Å². The number of hydrogen-bond donors (Lipinski definition) is 2. The second-order valence-electron chi connectivity index (χ2n) is 3.59. The highest BCUT2D eigenvalue weighted by molar-refractivity contribution is 9.10. The molecule has 1 aliphatic heterocycles. The molecule has 0 aromatic carbocycles. The molecular weight excluding hydrogens is 274 g/mol. The van der Waals surface area contributed by atoms with Crippen molar-refractivity contribution in [1.82, 2.24) is 10.3 Å². The number of aromatic nitrogens is 1. The van der Waals surface area contributed by atoms with E-state index in [1.165, 1.54) is 0 Å². The molecule has 0 saturated carbocycles. The number of piperazine rings is 1.